The fourth-order valence-electron chi connectivity index (χ4n) is 2.40. The van der Waals surface area contributed by atoms with Crippen molar-refractivity contribution in [3.05, 3.63) is 23.9 Å². The standard InChI is InChI=1S/C14H19N3O2/c1-14(2)10-17(8-12(19-14)9-18-3)13-6-4-5-11(7-15)16-13/h4-6,12H,8-10H2,1-3H3/t12-/m0/s1. The van der Waals surface area contributed by atoms with Crippen LogP contribution in [0.4, 0.5) is 5.82 Å². The third kappa shape index (κ3) is 3.43. The normalized spacial score (nSPS) is 22.0. The molecule has 1 aromatic rings. The summed E-state index contributed by atoms with van der Waals surface area (Å²) < 4.78 is 11.1. The Hall–Kier alpha value is -1.64. The van der Waals surface area contributed by atoms with E-state index in [0.717, 1.165) is 18.9 Å². The number of ether oxygens (including phenoxy) is 2. The number of methoxy groups -OCH3 is 1. The number of rotatable bonds is 3. The van der Waals surface area contributed by atoms with Crippen LogP contribution in [0.3, 0.4) is 0 Å². The van der Waals surface area contributed by atoms with Crippen LogP contribution in [0.25, 0.3) is 0 Å². The minimum Gasteiger partial charge on any atom is -0.382 e. The summed E-state index contributed by atoms with van der Waals surface area (Å²) in [6, 6.07) is 7.56. The summed E-state index contributed by atoms with van der Waals surface area (Å²) in [6.07, 6.45) is 0.0151. The molecule has 1 aromatic heterocycles. The van der Waals surface area contributed by atoms with Gasteiger partial charge in [0, 0.05) is 20.2 Å². The van der Waals surface area contributed by atoms with E-state index >= 15 is 0 Å². The number of anilines is 1. The minimum absolute atomic E-state index is 0.0151. The van der Waals surface area contributed by atoms with E-state index in [1.165, 1.54) is 0 Å². The quantitative estimate of drug-likeness (QED) is 0.827. The van der Waals surface area contributed by atoms with Gasteiger partial charge in [0.05, 0.1) is 18.3 Å². The summed E-state index contributed by atoms with van der Waals surface area (Å²) >= 11 is 0. The second-order valence-electron chi connectivity index (χ2n) is 5.33. The van der Waals surface area contributed by atoms with E-state index in [2.05, 4.69) is 29.8 Å². The molecule has 0 bridgehead atoms. The molecule has 0 radical (unpaired) electrons. The molecule has 0 unspecified atom stereocenters. The Morgan fingerprint density at radius 2 is 2.37 bits per heavy atom. The van der Waals surface area contributed by atoms with E-state index in [-0.39, 0.29) is 11.7 Å². The molecule has 1 aliphatic rings. The predicted molar refractivity (Wildman–Crippen MR) is 72.0 cm³/mol. The molecule has 102 valence electrons. The molecule has 5 heteroatoms. The lowest BCUT2D eigenvalue weighted by molar-refractivity contribution is -0.106. The maximum atomic E-state index is 8.92. The summed E-state index contributed by atoms with van der Waals surface area (Å²) in [5.74, 6) is 0.816. The molecule has 0 aliphatic carbocycles. The second kappa shape index (κ2) is 5.55. The van der Waals surface area contributed by atoms with Crippen molar-refractivity contribution in [2.75, 3.05) is 31.7 Å². The average molecular weight is 261 g/mol. The van der Waals surface area contributed by atoms with Crippen LogP contribution >= 0.6 is 0 Å². The number of aromatic nitrogens is 1. The molecule has 0 amide bonds. The van der Waals surface area contributed by atoms with E-state index in [4.69, 9.17) is 14.7 Å². The molecule has 0 spiro atoms. The van der Waals surface area contributed by atoms with Crippen LogP contribution < -0.4 is 4.90 Å². The Morgan fingerprint density at radius 1 is 1.58 bits per heavy atom. The van der Waals surface area contributed by atoms with Crippen molar-refractivity contribution in [1.82, 2.24) is 4.98 Å². The van der Waals surface area contributed by atoms with E-state index in [1.807, 2.05) is 12.1 Å². The number of nitriles is 1. The molecular weight excluding hydrogens is 242 g/mol. The number of nitrogens with zero attached hydrogens (tertiary/aromatic N) is 3. The number of pyridine rings is 1. The first kappa shape index (κ1) is 13.8. The first-order chi connectivity index (χ1) is 9.04. The van der Waals surface area contributed by atoms with Gasteiger partial charge >= 0.3 is 0 Å². The Morgan fingerprint density at radius 3 is 3.05 bits per heavy atom. The SMILES string of the molecule is COC[C@@H]1CN(c2cccc(C#N)n2)CC(C)(C)O1. The van der Waals surface area contributed by atoms with Gasteiger partial charge in [0.25, 0.3) is 0 Å². The molecule has 5 nitrogen and oxygen atoms in total. The highest BCUT2D eigenvalue weighted by Gasteiger charge is 2.33. The van der Waals surface area contributed by atoms with Crippen LogP contribution in [0, 0.1) is 11.3 Å². The zero-order chi connectivity index (χ0) is 13.9. The summed E-state index contributed by atoms with van der Waals surface area (Å²) in [5.41, 5.74) is 0.177. The van der Waals surface area contributed by atoms with Gasteiger partial charge in [-0.1, -0.05) is 6.07 Å². The number of hydrogen-bond donors (Lipinski definition) is 0. The highest BCUT2D eigenvalue weighted by Crippen LogP contribution is 2.25. The van der Waals surface area contributed by atoms with Crippen molar-refractivity contribution in [3.63, 3.8) is 0 Å². The number of morpholine rings is 1. The van der Waals surface area contributed by atoms with Crippen molar-refractivity contribution >= 4 is 5.82 Å². The molecule has 1 aliphatic heterocycles. The zero-order valence-electron chi connectivity index (χ0n) is 11.6. The molecule has 1 fully saturated rings. The molecular formula is C14H19N3O2. The monoisotopic (exact) mass is 261 g/mol. The van der Waals surface area contributed by atoms with Gasteiger partial charge in [0.15, 0.2) is 0 Å². The Labute approximate surface area is 113 Å². The van der Waals surface area contributed by atoms with Crippen LogP contribution in [0.1, 0.15) is 19.5 Å². The molecule has 2 rings (SSSR count). The average Bonchev–Trinajstić information content (AvgIpc) is 2.37. The Bertz CT molecular complexity index is 482. The van der Waals surface area contributed by atoms with Crippen molar-refractivity contribution in [2.24, 2.45) is 0 Å². The van der Waals surface area contributed by atoms with Crippen molar-refractivity contribution in [1.29, 1.82) is 5.26 Å². The summed E-state index contributed by atoms with van der Waals surface area (Å²) in [5, 5.41) is 8.92. The van der Waals surface area contributed by atoms with Gasteiger partial charge in [-0.25, -0.2) is 4.98 Å². The third-order valence-corrected chi connectivity index (χ3v) is 3.01. The van der Waals surface area contributed by atoms with Crippen LogP contribution in [-0.4, -0.2) is 43.5 Å². The lowest BCUT2D eigenvalue weighted by Crippen LogP contribution is -2.54. The molecule has 1 saturated heterocycles. The zero-order valence-corrected chi connectivity index (χ0v) is 11.6. The highest BCUT2D eigenvalue weighted by atomic mass is 16.5. The van der Waals surface area contributed by atoms with Gasteiger partial charge in [-0.3, -0.25) is 0 Å². The minimum atomic E-state index is -0.258. The van der Waals surface area contributed by atoms with Gasteiger partial charge in [0.2, 0.25) is 0 Å². The third-order valence-electron chi connectivity index (χ3n) is 3.01. The summed E-state index contributed by atoms with van der Waals surface area (Å²) in [7, 11) is 1.67. The first-order valence-electron chi connectivity index (χ1n) is 6.33. The maximum Gasteiger partial charge on any atom is 0.142 e. The Balaban J connectivity index is 2.20. The first-order valence-corrected chi connectivity index (χ1v) is 6.33. The van der Waals surface area contributed by atoms with Crippen LogP contribution in [-0.2, 0) is 9.47 Å². The largest absolute Gasteiger partial charge is 0.382 e. The summed E-state index contributed by atoms with van der Waals surface area (Å²) in [4.78, 5) is 6.49. The van der Waals surface area contributed by atoms with Gasteiger partial charge in [0.1, 0.15) is 17.6 Å². The van der Waals surface area contributed by atoms with Crippen LogP contribution in [0.2, 0.25) is 0 Å². The van der Waals surface area contributed by atoms with E-state index in [0.29, 0.717) is 12.3 Å². The molecule has 1 atom stereocenters. The summed E-state index contributed by atoms with van der Waals surface area (Å²) in [6.45, 7) is 6.12. The smallest absolute Gasteiger partial charge is 0.142 e. The topological polar surface area (TPSA) is 58.4 Å². The van der Waals surface area contributed by atoms with Crippen LogP contribution in [0.5, 0.6) is 0 Å². The second-order valence-corrected chi connectivity index (χ2v) is 5.33. The fourth-order valence-corrected chi connectivity index (χ4v) is 2.40. The number of hydrogen-bond acceptors (Lipinski definition) is 5. The van der Waals surface area contributed by atoms with Gasteiger partial charge < -0.3 is 14.4 Å². The van der Waals surface area contributed by atoms with E-state index < -0.39 is 0 Å². The van der Waals surface area contributed by atoms with Gasteiger partial charge in [-0.05, 0) is 26.0 Å². The predicted octanol–water partition coefficient (Wildman–Crippen LogP) is 1.58. The van der Waals surface area contributed by atoms with Crippen molar-refractivity contribution < 1.29 is 9.47 Å². The van der Waals surface area contributed by atoms with Crippen molar-refractivity contribution in [2.45, 2.75) is 25.6 Å². The van der Waals surface area contributed by atoms with Gasteiger partial charge in [-0.15, -0.1) is 0 Å². The molecule has 0 aromatic carbocycles. The van der Waals surface area contributed by atoms with E-state index in [9.17, 15) is 0 Å². The highest BCUT2D eigenvalue weighted by molar-refractivity contribution is 5.42. The lowest BCUT2D eigenvalue weighted by atomic mass is 10.1. The molecule has 2 heterocycles. The lowest BCUT2D eigenvalue weighted by Gasteiger charge is -2.43. The van der Waals surface area contributed by atoms with E-state index in [1.54, 1.807) is 13.2 Å². The fraction of sp³-hybridized carbons (Fsp3) is 0.571. The van der Waals surface area contributed by atoms with Crippen LogP contribution in [0.15, 0.2) is 18.2 Å². The maximum absolute atomic E-state index is 8.92. The van der Waals surface area contributed by atoms with Crippen molar-refractivity contribution in [3.8, 4) is 6.07 Å². The Kier molecular flexibility index (Phi) is 4.03. The molecule has 0 N–H and O–H groups in total. The van der Waals surface area contributed by atoms with Gasteiger partial charge in [-0.2, -0.15) is 5.26 Å². The molecule has 19 heavy (non-hydrogen) atoms. The molecule has 0 saturated carbocycles.